The van der Waals surface area contributed by atoms with Crippen LogP contribution in [0.1, 0.15) is 51.9 Å². The van der Waals surface area contributed by atoms with Gasteiger partial charge in [-0.2, -0.15) is 0 Å². The minimum atomic E-state index is 0.652. The fourth-order valence-electron chi connectivity index (χ4n) is 2.71. The van der Waals surface area contributed by atoms with Crippen LogP contribution in [-0.4, -0.2) is 17.6 Å². The molecular formula is C17H24N2OS2. The van der Waals surface area contributed by atoms with Crippen LogP contribution in [0.25, 0.3) is 10.2 Å². The van der Waals surface area contributed by atoms with Gasteiger partial charge in [0, 0.05) is 12.1 Å². The van der Waals surface area contributed by atoms with E-state index in [4.69, 9.17) is 9.72 Å². The van der Waals surface area contributed by atoms with Crippen molar-refractivity contribution in [3.05, 3.63) is 18.2 Å². The molecule has 0 aliphatic heterocycles. The number of benzene rings is 1. The van der Waals surface area contributed by atoms with E-state index in [1.807, 2.05) is 0 Å². The van der Waals surface area contributed by atoms with Crippen LogP contribution in [-0.2, 0) is 0 Å². The third kappa shape index (κ3) is 4.37. The summed E-state index contributed by atoms with van der Waals surface area (Å²) in [5, 5.41) is 0. The molecule has 0 unspecified atom stereocenters. The summed E-state index contributed by atoms with van der Waals surface area (Å²) in [4.78, 5) is 4.72. The van der Waals surface area contributed by atoms with Crippen LogP contribution in [0.2, 0.25) is 0 Å². The van der Waals surface area contributed by atoms with E-state index in [1.165, 1.54) is 36.8 Å². The number of thiazole rings is 1. The minimum Gasteiger partial charge on any atom is -0.494 e. The molecule has 120 valence electrons. The summed E-state index contributed by atoms with van der Waals surface area (Å²) in [5.41, 5.74) is 1.05. The fraction of sp³-hybridized carbons (Fsp3) is 0.588. The zero-order valence-corrected chi connectivity index (χ0v) is 14.8. The van der Waals surface area contributed by atoms with Crippen LogP contribution in [0.3, 0.4) is 0 Å². The Kier molecular flexibility index (Phi) is 5.98. The second-order valence-electron chi connectivity index (χ2n) is 5.87. The summed E-state index contributed by atoms with van der Waals surface area (Å²) in [6.45, 7) is 2.97. The smallest absolute Gasteiger partial charge is 0.166 e. The Balaban J connectivity index is 1.59. The van der Waals surface area contributed by atoms with Crippen molar-refractivity contribution in [2.75, 3.05) is 6.61 Å². The Morgan fingerprint density at radius 1 is 1.32 bits per heavy atom. The molecule has 0 amide bonds. The van der Waals surface area contributed by atoms with Gasteiger partial charge in [-0.3, -0.25) is 4.72 Å². The zero-order chi connectivity index (χ0) is 15.2. The summed E-state index contributed by atoms with van der Waals surface area (Å²) in [6, 6.07) is 6.89. The molecule has 0 radical (unpaired) electrons. The second kappa shape index (κ2) is 8.18. The highest BCUT2D eigenvalue weighted by Crippen LogP contribution is 2.31. The Morgan fingerprint density at radius 2 is 2.18 bits per heavy atom. The molecule has 5 heteroatoms. The molecule has 1 N–H and O–H groups in total. The minimum absolute atomic E-state index is 0.652. The first kappa shape index (κ1) is 16.1. The highest BCUT2D eigenvalue weighted by molar-refractivity contribution is 7.99. The first-order valence-corrected chi connectivity index (χ1v) is 9.94. The lowest BCUT2D eigenvalue weighted by molar-refractivity contribution is 0.310. The van der Waals surface area contributed by atoms with Gasteiger partial charge in [-0.1, -0.05) is 32.6 Å². The van der Waals surface area contributed by atoms with E-state index >= 15 is 0 Å². The highest BCUT2D eigenvalue weighted by Gasteiger charge is 2.14. The predicted molar refractivity (Wildman–Crippen MR) is 95.9 cm³/mol. The SMILES string of the molecule is CCCCOc1ccc2sc(SNC3CCCCC3)nc2c1. The number of aromatic nitrogens is 1. The van der Waals surface area contributed by atoms with E-state index in [-0.39, 0.29) is 0 Å². The largest absolute Gasteiger partial charge is 0.494 e. The van der Waals surface area contributed by atoms with Crippen LogP contribution >= 0.6 is 23.3 Å². The van der Waals surface area contributed by atoms with E-state index in [1.54, 1.807) is 23.3 Å². The van der Waals surface area contributed by atoms with Gasteiger partial charge in [0.15, 0.2) is 4.34 Å². The number of fused-ring (bicyclic) bond motifs is 1. The molecule has 0 saturated heterocycles. The number of hydrogen-bond acceptors (Lipinski definition) is 5. The van der Waals surface area contributed by atoms with Gasteiger partial charge in [0.1, 0.15) is 5.75 Å². The number of unbranched alkanes of at least 4 members (excludes halogenated alkanes) is 1. The molecule has 1 aromatic heterocycles. The van der Waals surface area contributed by atoms with Crippen LogP contribution in [0.4, 0.5) is 0 Å². The Bertz CT molecular complexity index is 593. The lowest BCUT2D eigenvalue weighted by Gasteiger charge is -2.21. The summed E-state index contributed by atoms with van der Waals surface area (Å²) in [5.74, 6) is 0.933. The molecule has 1 aliphatic rings. The van der Waals surface area contributed by atoms with Crippen molar-refractivity contribution < 1.29 is 4.74 Å². The molecule has 22 heavy (non-hydrogen) atoms. The van der Waals surface area contributed by atoms with E-state index in [9.17, 15) is 0 Å². The second-order valence-corrected chi connectivity index (χ2v) is 7.98. The van der Waals surface area contributed by atoms with Gasteiger partial charge in [-0.25, -0.2) is 4.98 Å². The van der Waals surface area contributed by atoms with Crippen molar-refractivity contribution in [1.29, 1.82) is 0 Å². The summed E-state index contributed by atoms with van der Waals surface area (Å²) in [6.07, 6.45) is 8.96. The van der Waals surface area contributed by atoms with Gasteiger partial charge in [0.25, 0.3) is 0 Å². The molecule has 0 bridgehead atoms. The Morgan fingerprint density at radius 3 is 3.00 bits per heavy atom. The molecular weight excluding hydrogens is 312 g/mol. The molecule has 3 rings (SSSR count). The number of nitrogens with zero attached hydrogens (tertiary/aromatic N) is 1. The quantitative estimate of drug-likeness (QED) is 0.542. The average molecular weight is 337 g/mol. The average Bonchev–Trinajstić information content (AvgIpc) is 2.96. The topological polar surface area (TPSA) is 34.1 Å². The maximum Gasteiger partial charge on any atom is 0.166 e. The van der Waals surface area contributed by atoms with Crippen molar-refractivity contribution in [1.82, 2.24) is 9.71 Å². The van der Waals surface area contributed by atoms with Gasteiger partial charge in [0.2, 0.25) is 0 Å². The van der Waals surface area contributed by atoms with E-state index in [2.05, 4.69) is 29.8 Å². The van der Waals surface area contributed by atoms with E-state index < -0.39 is 0 Å². The van der Waals surface area contributed by atoms with Crippen molar-refractivity contribution >= 4 is 33.5 Å². The normalized spacial score (nSPS) is 16.2. The number of ether oxygens (including phenoxy) is 1. The molecule has 1 fully saturated rings. The predicted octanol–water partition coefficient (Wildman–Crippen LogP) is 5.40. The monoisotopic (exact) mass is 336 g/mol. The summed E-state index contributed by atoms with van der Waals surface area (Å²) >= 11 is 3.45. The Hall–Kier alpha value is -0.780. The fourth-order valence-corrected chi connectivity index (χ4v) is 4.61. The van der Waals surface area contributed by atoms with Crippen LogP contribution in [0, 0.1) is 0 Å². The molecule has 1 saturated carbocycles. The highest BCUT2D eigenvalue weighted by atomic mass is 32.2. The molecule has 3 nitrogen and oxygen atoms in total. The summed E-state index contributed by atoms with van der Waals surface area (Å²) in [7, 11) is 0. The van der Waals surface area contributed by atoms with Crippen molar-refractivity contribution in [2.24, 2.45) is 0 Å². The van der Waals surface area contributed by atoms with Crippen molar-refractivity contribution in [3.8, 4) is 5.75 Å². The number of nitrogens with one attached hydrogen (secondary N) is 1. The number of rotatable bonds is 7. The third-order valence-corrected chi connectivity index (χ3v) is 6.07. The Labute approximate surface area is 141 Å². The van der Waals surface area contributed by atoms with Crippen LogP contribution < -0.4 is 9.46 Å². The van der Waals surface area contributed by atoms with E-state index in [0.29, 0.717) is 6.04 Å². The third-order valence-electron chi connectivity index (χ3n) is 4.02. The van der Waals surface area contributed by atoms with Crippen LogP contribution in [0.15, 0.2) is 22.5 Å². The van der Waals surface area contributed by atoms with E-state index in [0.717, 1.165) is 35.1 Å². The van der Waals surface area contributed by atoms with Gasteiger partial charge in [0.05, 0.1) is 16.8 Å². The summed E-state index contributed by atoms with van der Waals surface area (Å²) < 4.78 is 11.7. The van der Waals surface area contributed by atoms with Gasteiger partial charge in [-0.05, 0) is 43.3 Å². The van der Waals surface area contributed by atoms with Gasteiger partial charge in [-0.15, -0.1) is 11.3 Å². The number of hydrogen-bond donors (Lipinski definition) is 1. The van der Waals surface area contributed by atoms with Crippen molar-refractivity contribution in [2.45, 2.75) is 62.3 Å². The maximum absolute atomic E-state index is 5.76. The standard InChI is InChI=1S/C17H24N2OS2/c1-2-3-11-20-14-9-10-16-15(12-14)18-17(21-16)22-19-13-7-5-4-6-8-13/h9-10,12-13,19H,2-8,11H2,1H3. The lowest BCUT2D eigenvalue weighted by atomic mass is 9.96. The van der Waals surface area contributed by atoms with Crippen LogP contribution in [0.5, 0.6) is 5.75 Å². The lowest BCUT2D eigenvalue weighted by Crippen LogP contribution is -2.25. The molecule has 1 heterocycles. The van der Waals surface area contributed by atoms with Gasteiger partial charge < -0.3 is 4.74 Å². The van der Waals surface area contributed by atoms with Crippen molar-refractivity contribution in [3.63, 3.8) is 0 Å². The molecule has 0 spiro atoms. The first-order chi connectivity index (χ1) is 10.8. The molecule has 2 aromatic rings. The molecule has 1 aromatic carbocycles. The molecule has 1 aliphatic carbocycles. The maximum atomic E-state index is 5.76. The molecule has 0 atom stereocenters. The zero-order valence-electron chi connectivity index (χ0n) is 13.1. The van der Waals surface area contributed by atoms with Gasteiger partial charge >= 0.3 is 0 Å². The first-order valence-electron chi connectivity index (χ1n) is 8.31.